The monoisotopic (exact) mass is 493 g/mol. The highest BCUT2D eigenvalue weighted by atomic mass is 35.5. The van der Waals surface area contributed by atoms with E-state index in [1.807, 2.05) is 77.4 Å². The van der Waals surface area contributed by atoms with Crippen LogP contribution in [0.5, 0.6) is 5.75 Å². The number of halogens is 1. The first-order valence-corrected chi connectivity index (χ1v) is 12.0. The lowest BCUT2D eigenvalue weighted by Gasteiger charge is -2.11. The molecule has 4 rings (SSSR count). The van der Waals surface area contributed by atoms with Gasteiger partial charge in [-0.15, -0.1) is 10.2 Å². The standard InChI is InChI=1S/C25H24ClN5O2S/c1-33-22-9-5-6-20(16-22)28-24(32)14-15-34-25-30-29-23(31(25)21-7-3-2-4-8-21)17-27-19-12-10-18(26)11-13-19/h2-13,16,27H,14-15,17H2,1H3,(H,28,32). The minimum atomic E-state index is -0.0730. The number of benzene rings is 3. The number of ether oxygens (including phenoxy) is 1. The van der Waals surface area contributed by atoms with E-state index in [1.165, 1.54) is 11.8 Å². The normalized spacial score (nSPS) is 10.6. The Kier molecular flexibility index (Phi) is 8.06. The quantitative estimate of drug-likeness (QED) is 0.277. The van der Waals surface area contributed by atoms with Gasteiger partial charge in [-0.05, 0) is 48.5 Å². The van der Waals surface area contributed by atoms with E-state index in [1.54, 1.807) is 13.2 Å². The zero-order valence-corrected chi connectivity index (χ0v) is 20.1. The molecule has 0 aliphatic heterocycles. The largest absolute Gasteiger partial charge is 0.497 e. The third-order valence-electron chi connectivity index (χ3n) is 4.92. The number of carbonyl (C=O) groups excluding carboxylic acids is 1. The number of hydrogen-bond donors (Lipinski definition) is 2. The molecule has 1 amide bonds. The van der Waals surface area contributed by atoms with E-state index < -0.39 is 0 Å². The molecule has 4 aromatic rings. The van der Waals surface area contributed by atoms with Gasteiger partial charge >= 0.3 is 0 Å². The topological polar surface area (TPSA) is 81.1 Å². The molecule has 0 saturated carbocycles. The molecule has 0 aliphatic rings. The molecule has 0 unspecified atom stereocenters. The van der Waals surface area contributed by atoms with Crippen LogP contribution in [0.4, 0.5) is 11.4 Å². The number of thioether (sulfide) groups is 1. The third-order valence-corrected chi connectivity index (χ3v) is 6.11. The lowest BCUT2D eigenvalue weighted by molar-refractivity contribution is -0.115. The molecule has 7 nitrogen and oxygen atoms in total. The predicted molar refractivity (Wildman–Crippen MR) is 137 cm³/mol. The zero-order chi connectivity index (χ0) is 23.8. The first-order valence-electron chi connectivity index (χ1n) is 10.7. The van der Waals surface area contributed by atoms with Crippen molar-refractivity contribution in [1.29, 1.82) is 0 Å². The van der Waals surface area contributed by atoms with Crippen LogP contribution in [0.1, 0.15) is 12.2 Å². The lowest BCUT2D eigenvalue weighted by atomic mass is 10.3. The summed E-state index contributed by atoms with van der Waals surface area (Å²) in [6.45, 7) is 0.487. The van der Waals surface area contributed by atoms with Crippen LogP contribution < -0.4 is 15.4 Å². The number of carbonyl (C=O) groups is 1. The summed E-state index contributed by atoms with van der Waals surface area (Å²) < 4.78 is 7.21. The van der Waals surface area contributed by atoms with E-state index in [0.29, 0.717) is 35.2 Å². The number of para-hydroxylation sites is 1. The number of anilines is 2. The van der Waals surface area contributed by atoms with Crippen LogP contribution in [0.2, 0.25) is 5.02 Å². The minimum absolute atomic E-state index is 0.0730. The summed E-state index contributed by atoms with van der Waals surface area (Å²) in [6, 6.07) is 24.7. The fourth-order valence-corrected chi connectivity index (χ4v) is 4.29. The Labute approximate surface area is 207 Å². The molecule has 174 valence electrons. The van der Waals surface area contributed by atoms with Crippen molar-refractivity contribution in [1.82, 2.24) is 14.8 Å². The minimum Gasteiger partial charge on any atom is -0.497 e. The average Bonchev–Trinajstić information content (AvgIpc) is 3.27. The number of rotatable bonds is 10. The van der Waals surface area contributed by atoms with Crippen molar-refractivity contribution >= 4 is 40.6 Å². The number of aromatic nitrogens is 3. The van der Waals surface area contributed by atoms with Crippen LogP contribution in [-0.4, -0.2) is 33.5 Å². The van der Waals surface area contributed by atoms with Crippen molar-refractivity contribution < 1.29 is 9.53 Å². The summed E-state index contributed by atoms with van der Waals surface area (Å²) in [5.41, 5.74) is 2.61. The van der Waals surface area contributed by atoms with Crippen molar-refractivity contribution in [3.63, 3.8) is 0 Å². The van der Waals surface area contributed by atoms with Crippen molar-refractivity contribution in [3.8, 4) is 11.4 Å². The molecule has 1 aromatic heterocycles. The summed E-state index contributed by atoms with van der Waals surface area (Å²) in [4.78, 5) is 12.4. The second-order valence-corrected chi connectivity index (χ2v) is 8.81. The second kappa shape index (κ2) is 11.6. The zero-order valence-electron chi connectivity index (χ0n) is 18.6. The maximum Gasteiger partial charge on any atom is 0.225 e. The van der Waals surface area contributed by atoms with E-state index in [2.05, 4.69) is 20.8 Å². The Morgan fingerprint density at radius 3 is 2.56 bits per heavy atom. The molecule has 0 bridgehead atoms. The van der Waals surface area contributed by atoms with E-state index in [4.69, 9.17) is 16.3 Å². The van der Waals surface area contributed by atoms with Gasteiger partial charge in [-0.1, -0.05) is 47.6 Å². The number of hydrogen-bond acceptors (Lipinski definition) is 6. The summed E-state index contributed by atoms with van der Waals surface area (Å²) in [5.74, 6) is 1.95. The van der Waals surface area contributed by atoms with Gasteiger partial charge in [-0.2, -0.15) is 0 Å². The predicted octanol–water partition coefficient (Wildman–Crippen LogP) is 5.66. The van der Waals surface area contributed by atoms with Gasteiger partial charge in [0.2, 0.25) is 5.91 Å². The Bertz CT molecular complexity index is 1230. The van der Waals surface area contributed by atoms with Crippen molar-refractivity contribution in [2.75, 3.05) is 23.5 Å². The summed E-state index contributed by atoms with van der Waals surface area (Å²) >= 11 is 7.47. The van der Waals surface area contributed by atoms with E-state index >= 15 is 0 Å². The molecule has 3 aromatic carbocycles. The molecule has 2 N–H and O–H groups in total. The van der Waals surface area contributed by atoms with Crippen LogP contribution in [0, 0.1) is 0 Å². The van der Waals surface area contributed by atoms with Gasteiger partial charge in [0, 0.05) is 40.3 Å². The van der Waals surface area contributed by atoms with Gasteiger partial charge in [0.05, 0.1) is 13.7 Å². The molecule has 0 radical (unpaired) electrons. The van der Waals surface area contributed by atoms with Crippen LogP contribution in [0.3, 0.4) is 0 Å². The summed E-state index contributed by atoms with van der Waals surface area (Å²) in [7, 11) is 1.60. The molecule has 0 fully saturated rings. The van der Waals surface area contributed by atoms with E-state index in [-0.39, 0.29) is 5.91 Å². The third kappa shape index (κ3) is 6.30. The van der Waals surface area contributed by atoms with Crippen molar-refractivity contribution in [2.45, 2.75) is 18.1 Å². The van der Waals surface area contributed by atoms with E-state index in [9.17, 15) is 4.79 Å². The molecule has 0 atom stereocenters. The molecule has 0 saturated heterocycles. The molecule has 0 aliphatic carbocycles. The van der Waals surface area contributed by atoms with Crippen LogP contribution >= 0.6 is 23.4 Å². The fourth-order valence-electron chi connectivity index (χ4n) is 3.25. The number of amides is 1. The van der Waals surface area contributed by atoms with Gasteiger partial charge in [-0.3, -0.25) is 9.36 Å². The van der Waals surface area contributed by atoms with Crippen molar-refractivity contribution in [3.05, 3.63) is 89.7 Å². The number of nitrogens with zero attached hydrogens (tertiary/aromatic N) is 3. The van der Waals surface area contributed by atoms with Crippen LogP contribution in [-0.2, 0) is 11.3 Å². The number of nitrogens with one attached hydrogen (secondary N) is 2. The van der Waals surface area contributed by atoms with Gasteiger partial charge in [0.15, 0.2) is 11.0 Å². The summed E-state index contributed by atoms with van der Waals surface area (Å²) in [5, 5.41) is 16.5. The Morgan fingerprint density at radius 2 is 1.79 bits per heavy atom. The molecule has 0 spiro atoms. The Balaban J connectivity index is 1.41. The first kappa shape index (κ1) is 23.7. The van der Waals surface area contributed by atoms with E-state index in [0.717, 1.165) is 22.4 Å². The molecule has 1 heterocycles. The van der Waals surface area contributed by atoms with Gasteiger partial charge < -0.3 is 15.4 Å². The highest BCUT2D eigenvalue weighted by molar-refractivity contribution is 7.99. The van der Waals surface area contributed by atoms with Crippen molar-refractivity contribution in [2.24, 2.45) is 0 Å². The molecule has 9 heteroatoms. The lowest BCUT2D eigenvalue weighted by Crippen LogP contribution is -2.12. The maximum atomic E-state index is 12.4. The highest BCUT2D eigenvalue weighted by Crippen LogP contribution is 2.24. The number of methoxy groups -OCH3 is 1. The fraction of sp³-hybridized carbons (Fsp3) is 0.160. The molecular formula is C25H24ClN5O2S. The van der Waals surface area contributed by atoms with Crippen LogP contribution in [0.15, 0.2) is 84.0 Å². The summed E-state index contributed by atoms with van der Waals surface area (Å²) in [6.07, 6.45) is 0.335. The average molecular weight is 494 g/mol. The maximum absolute atomic E-state index is 12.4. The van der Waals surface area contributed by atoms with Gasteiger partial charge in [0.25, 0.3) is 0 Å². The smallest absolute Gasteiger partial charge is 0.225 e. The highest BCUT2D eigenvalue weighted by Gasteiger charge is 2.15. The van der Waals surface area contributed by atoms with Crippen LogP contribution in [0.25, 0.3) is 5.69 Å². The van der Waals surface area contributed by atoms with Gasteiger partial charge in [0.1, 0.15) is 5.75 Å². The first-order chi connectivity index (χ1) is 16.6. The molecule has 34 heavy (non-hydrogen) atoms. The molecular weight excluding hydrogens is 470 g/mol. The Morgan fingerprint density at radius 1 is 1.00 bits per heavy atom. The Hall–Kier alpha value is -3.49. The van der Waals surface area contributed by atoms with Gasteiger partial charge in [-0.25, -0.2) is 0 Å². The second-order valence-electron chi connectivity index (χ2n) is 7.31. The SMILES string of the molecule is COc1cccc(NC(=O)CCSc2nnc(CNc3ccc(Cl)cc3)n2-c2ccccc2)c1.